The Labute approximate surface area is 142 Å². The van der Waals surface area contributed by atoms with Crippen molar-refractivity contribution in [3.63, 3.8) is 0 Å². The van der Waals surface area contributed by atoms with E-state index in [-0.39, 0.29) is 25.0 Å². The number of halogens is 1. The summed E-state index contributed by atoms with van der Waals surface area (Å²) < 4.78 is 6.35. The number of ether oxygens (including phenoxy) is 1. The standard InChI is InChI=1S/C17H15BrN2O3/c1-11-8-12(6-7-13(11)18)19-16(21)9-20-14-4-2-3-5-15(14)23-10-17(20)22/h2-8H,9-10H2,1H3,(H,19,21). The zero-order valence-corrected chi connectivity index (χ0v) is 14.1. The number of hydrogen-bond donors (Lipinski definition) is 1. The Morgan fingerprint density at radius 1 is 1.30 bits per heavy atom. The molecule has 0 unspecified atom stereocenters. The second-order valence-electron chi connectivity index (χ2n) is 5.25. The van der Waals surface area contributed by atoms with E-state index < -0.39 is 0 Å². The fourth-order valence-electron chi connectivity index (χ4n) is 2.39. The maximum Gasteiger partial charge on any atom is 0.265 e. The number of aryl methyl sites for hydroxylation is 1. The summed E-state index contributed by atoms with van der Waals surface area (Å²) in [6.07, 6.45) is 0. The van der Waals surface area contributed by atoms with Crippen LogP contribution in [0.3, 0.4) is 0 Å². The number of carbonyl (C=O) groups excluding carboxylic acids is 2. The van der Waals surface area contributed by atoms with Gasteiger partial charge in [-0.25, -0.2) is 0 Å². The van der Waals surface area contributed by atoms with E-state index in [4.69, 9.17) is 4.74 Å². The quantitative estimate of drug-likeness (QED) is 0.897. The van der Waals surface area contributed by atoms with E-state index in [0.29, 0.717) is 17.1 Å². The van der Waals surface area contributed by atoms with Crippen molar-refractivity contribution < 1.29 is 14.3 Å². The van der Waals surface area contributed by atoms with Gasteiger partial charge < -0.3 is 10.1 Å². The summed E-state index contributed by atoms with van der Waals surface area (Å²) in [5.74, 6) is 0.127. The van der Waals surface area contributed by atoms with E-state index in [1.807, 2.05) is 37.3 Å². The van der Waals surface area contributed by atoms with E-state index in [0.717, 1.165) is 10.0 Å². The van der Waals surface area contributed by atoms with Crippen molar-refractivity contribution in [1.82, 2.24) is 0 Å². The molecule has 0 saturated heterocycles. The van der Waals surface area contributed by atoms with Gasteiger partial charge in [0, 0.05) is 10.2 Å². The lowest BCUT2D eigenvalue weighted by Gasteiger charge is -2.28. The Kier molecular flexibility index (Phi) is 4.34. The van der Waals surface area contributed by atoms with Gasteiger partial charge in [-0.1, -0.05) is 28.1 Å². The highest BCUT2D eigenvalue weighted by Crippen LogP contribution is 2.31. The summed E-state index contributed by atoms with van der Waals surface area (Å²) in [6.45, 7) is 1.84. The molecule has 0 fully saturated rings. The molecule has 1 N–H and O–H groups in total. The van der Waals surface area contributed by atoms with Gasteiger partial charge >= 0.3 is 0 Å². The van der Waals surface area contributed by atoms with E-state index in [1.54, 1.807) is 12.1 Å². The van der Waals surface area contributed by atoms with Crippen LogP contribution in [0.1, 0.15) is 5.56 Å². The molecular formula is C17H15BrN2O3. The summed E-state index contributed by atoms with van der Waals surface area (Å²) in [5, 5.41) is 2.81. The van der Waals surface area contributed by atoms with Crippen LogP contribution < -0.4 is 15.0 Å². The first-order valence-corrected chi connectivity index (χ1v) is 7.92. The summed E-state index contributed by atoms with van der Waals surface area (Å²) in [4.78, 5) is 25.8. The zero-order chi connectivity index (χ0) is 16.4. The Bertz CT molecular complexity index is 776. The van der Waals surface area contributed by atoms with Crippen LogP contribution in [0, 0.1) is 6.92 Å². The third kappa shape index (κ3) is 3.37. The minimum absolute atomic E-state index is 0.0473. The maximum atomic E-state index is 12.3. The molecule has 3 rings (SSSR count). The molecule has 5 nitrogen and oxygen atoms in total. The zero-order valence-electron chi connectivity index (χ0n) is 12.5. The van der Waals surface area contributed by atoms with Gasteiger partial charge in [-0.15, -0.1) is 0 Å². The van der Waals surface area contributed by atoms with Crippen molar-refractivity contribution in [2.45, 2.75) is 6.92 Å². The molecule has 1 aliphatic heterocycles. The monoisotopic (exact) mass is 374 g/mol. The van der Waals surface area contributed by atoms with Gasteiger partial charge in [-0.05, 0) is 42.8 Å². The first-order chi connectivity index (χ1) is 11.0. The fourth-order valence-corrected chi connectivity index (χ4v) is 2.64. The highest BCUT2D eigenvalue weighted by molar-refractivity contribution is 9.10. The number of hydrogen-bond acceptors (Lipinski definition) is 3. The fraction of sp³-hybridized carbons (Fsp3) is 0.176. The number of rotatable bonds is 3. The van der Waals surface area contributed by atoms with Crippen molar-refractivity contribution in [2.75, 3.05) is 23.4 Å². The second kappa shape index (κ2) is 6.42. The molecule has 2 aromatic rings. The average Bonchev–Trinajstić information content (AvgIpc) is 2.54. The van der Waals surface area contributed by atoms with Crippen molar-refractivity contribution in [1.29, 1.82) is 0 Å². The number of nitrogens with zero attached hydrogens (tertiary/aromatic N) is 1. The van der Waals surface area contributed by atoms with Gasteiger partial charge in [0.05, 0.1) is 5.69 Å². The van der Waals surface area contributed by atoms with Crippen LogP contribution in [-0.2, 0) is 9.59 Å². The number of nitrogens with one attached hydrogen (secondary N) is 1. The Morgan fingerprint density at radius 3 is 2.87 bits per heavy atom. The smallest absolute Gasteiger partial charge is 0.265 e. The summed E-state index contributed by atoms with van der Waals surface area (Å²) in [5.41, 5.74) is 2.34. The summed E-state index contributed by atoms with van der Waals surface area (Å²) >= 11 is 3.42. The average molecular weight is 375 g/mol. The minimum Gasteiger partial charge on any atom is -0.482 e. The molecule has 2 aromatic carbocycles. The molecule has 0 saturated carbocycles. The van der Waals surface area contributed by atoms with Crippen LogP contribution >= 0.6 is 15.9 Å². The first kappa shape index (κ1) is 15.6. The predicted molar refractivity (Wildman–Crippen MR) is 91.8 cm³/mol. The summed E-state index contributed by atoms with van der Waals surface area (Å²) in [7, 11) is 0. The lowest BCUT2D eigenvalue weighted by molar-refractivity contribution is -0.123. The normalized spacial score (nSPS) is 13.3. The van der Waals surface area contributed by atoms with E-state index in [9.17, 15) is 9.59 Å². The molecule has 0 aliphatic carbocycles. The molecule has 0 spiro atoms. The maximum absolute atomic E-state index is 12.3. The van der Waals surface area contributed by atoms with Gasteiger partial charge in [0.25, 0.3) is 5.91 Å². The topological polar surface area (TPSA) is 58.6 Å². The molecule has 6 heteroatoms. The minimum atomic E-state index is -0.253. The number of benzene rings is 2. The number of para-hydroxylation sites is 2. The van der Waals surface area contributed by atoms with Crippen LogP contribution in [0.5, 0.6) is 5.75 Å². The molecular weight excluding hydrogens is 360 g/mol. The lowest BCUT2D eigenvalue weighted by Crippen LogP contribution is -2.43. The van der Waals surface area contributed by atoms with E-state index in [2.05, 4.69) is 21.2 Å². The number of amides is 2. The SMILES string of the molecule is Cc1cc(NC(=O)CN2C(=O)COc3ccccc32)ccc1Br. The second-order valence-corrected chi connectivity index (χ2v) is 6.10. The molecule has 118 valence electrons. The van der Waals surface area contributed by atoms with Gasteiger partial charge in [-0.3, -0.25) is 14.5 Å². The summed E-state index contributed by atoms with van der Waals surface area (Å²) in [6, 6.07) is 12.7. The molecule has 0 radical (unpaired) electrons. The molecule has 2 amide bonds. The highest BCUT2D eigenvalue weighted by Gasteiger charge is 2.26. The van der Waals surface area contributed by atoms with E-state index >= 15 is 0 Å². The van der Waals surface area contributed by atoms with Gasteiger partial charge in [0.15, 0.2) is 6.61 Å². The highest BCUT2D eigenvalue weighted by atomic mass is 79.9. The molecule has 0 atom stereocenters. The third-order valence-corrected chi connectivity index (χ3v) is 4.44. The molecule has 23 heavy (non-hydrogen) atoms. The lowest BCUT2D eigenvalue weighted by atomic mass is 10.2. The number of anilines is 2. The van der Waals surface area contributed by atoms with Crippen LogP contribution in [0.2, 0.25) is 0 Å². The van der Waals surface area contributed by atoms with Gasteiger partial charge in [0.2, 0.25) is 5.91 Å². The van der Waals surface area contributed by atoms with Crippen LogP contribution in [-0.4, -0.2) is 25.0 Å². The molecule has 0 bridgehead atoms. The van der Waals surface area contributed by atoms with Crippen molar-refractivity contribution >= 4 is 39.1 Å². The van der Waals surface area contributed by atoms with Crippen molar-refractivity contribution in [2.24, 2.45) is 0 Å². The molecule has 1 heterocycles. The van der Waals surface area contributed by atoms with Gasteiger partial charge in [0.1, 0.15) is 12.3 Å². The molecule has 0 aromatic heterocycles. The largest absolute Gasteiger partial charge is 0.482 e. The Hall–Kier alpha value is -2.34. The third-order valence-electron chi connectivity index (χ3n) is 3.55. The first-order valence-electron chi connectivity index (χ1n) is 7.13. The number of carbonyl (C=O) groups is 2. The van der Waals surface area contributed by atoms with Crippen LogP contribution in [0.4, 0.5) is 11.4 Å². The van der Waals surface area contributed by atoms with Crippen LogP contribution in [0.25, 0.3) is 0 Å². The van der Waals surface area contributed by atoms with Crippen molar-refractivity contribution in [3.8, 4) is 5.75 Å². The molecule has 1 aliphatic rings. The Balaban J connectivity index is 1.75. The van der Waals surface area contributed by atoms with Crippen molar-refractivity contribution in [3.05, 3.63) is 52.5 Å². The number of fused-ring (bicyclic) bond motifs is 1. The van der Waals surface area contributed by atoms with Gasteiger partial charge in [-0.2, -0.15) is 0 Å². The Morgan fingerprint density at radius 2 is 2.09 bits per heavy atom. The van der Waals surface area contributed by atoms with Crippen LogP contribution in [0.15, 0.2) is 46.9 Å². The predicted octanol–water partition coefficient (Wildman–Crippen LogP) is 3.12. The van der Waals surface area contributed by atoms with E-state index in [1.165, 1.54) is 4.90 Å².